The third-order valence-corrected chi connectivity index (χ3v) is 10.2. The largest absolute Gasteiger partial charge is 0.334 e. The van der Waals surface area contributed by atoms with Crippen LogP contribution in [0.25, 0.3) is 16.9 Å². The van der Waals surface area contributed by atoms with E-state index in [0.29, 0.717) is 23.6 Å². The minimum atomic E-state index is -1.13. The lowest BCUT2D eigenvalue weighted by molar-refractivity contribution is -0.0603. The lowest BCUT2D eigenvalue weighted by Crippen LogP contribution is -2.60. The number of H-pyrrole nitrogens is 1. The van der Waals surface area contributed by atoms with Crippen molar-refractivity contribution in [1.82, 2.24) is 24.0 Å². The average Bonchev–Trinajstić information content (AvgIpc) is 2.90. The van der Waals surface area contributed by atoms with Crippen LogP contribution in [0.1, 0.15) is 83.1 Å². The van der Waals surface area contributed by atoms with Crippen molar-refractivity contribution in [1.29, 1.82) is 0 Å². The number of piperidine rings is 2. The highest BCUT2D eigenvalue weighted by Gasteiger charge is 2.46. The summed E-state index contributed by atoms with van der Waals surface area (Å²) in [6.45, 7) is 0. The summed E-state index contributed by atoms with van der Waals surface area (Å²) in [5.41, 5.74) is -1.12. The van der Waals surface area contributed by atoms with E-state index in [1.807, 2.05) is 29.2 Å². The molecule has 8 rings (SSSR count). The molecule has 1 N–H and O–H groups in total. The summed E-state index contributed by atoms with van der Waals surface area (Å²) in [4.78, 5) is 47.6. The molecule has 4 heterocycles. The lowest BCUT2D eigenvalue weighted by atomic mass is 9.69. The highest BCUT2D eigenvalue weighted by atomic mass is 19.1. The number of aromatic amines is 1. The summed E-state index contributed by atoms with van der Waals surface area (Å²) >= 11 is 0. The van der Waals surface area contributed by atoms with Gasteiger partial charge in [-0.05, 0) is 68.9 Å². The number of nitrogens with zero attached hydrogens (tertiary/aromatic N) is 4. The molecular formula is C30H36FN5O3. The predicted octanol–water partition coefficient (Wildman–Crippen LogP) is 4.29. The summed E-state index contributed by atoms with van der Waals surface area (Å²) < 4.78 is 16.8. The smallest absolute Gasteiger partial charge is 0.300 e. The molecule has 0 radical (unpaired) electrons. The molecule has 2 saturated heterocycles. The van der Waals surface area contributed by atoms with Crippen LogP contribution in [-0.2, 0) is 0 Å². The Morgan fingerprint density at radius 3 is 2.44 bits per heavy atom. The van der Waals surface area contributed by atoms with E-state index in [9.17, 15) is 18.8 Å². The molecule has 3 saturated carbocycles. The maximum atomic E-state index is 14.2. The Morgan fingerprint density at radius 2 is 1.62 bits per heavy atom. The Kier molecular flexibility index (Phi) is 6.29. The van der Waals surface area contributed by atoms with Crippen molar-refractivity contribution in [2.45, 2.75) is 101 Å². The van der Waals surface area contributed by atoms with Crippen molar-refractivity contribution in [3.8, 4) is 5.82 Å². The Balaban J connectivity index is 1.29. The number of rotatable bonds is 3. The van der Waals surface area contributed by atoms with Gasteiger partial charge in [-0.2, -0.15) is 4.39 Å². The molecule has 8 nitrogen and oxygen atoms in total. The van der Waals surface area contributed by atoms with Gasteiger partial charge in [0.2, 0.25) is 11.6 Å². The Bertz CT molecular complexity index is 1560. The van der Waals surface area contributed by atoms with E-state index in [4.69, 9.17) is 0 Å². The molecule has 0 amide bonds. The first-order valence-corrected chi connectivity index (χ1v) is 14.8. The molecule has 2 unspecified atom stereocenters. The van der Waals surface area contributed by atoms with Crippen LogP contribution in [0.3, 0.4) is 0 Å². The molecule has 206 valence electrons. The van der Waals surface area contributed by atoms with Gasteiger partial charge in [0.25, 0.3) is 11.1 Å². The molecule has 2 aliphatic heterocycles. The number of benzene rings is 1. The SMILES string of the molecule is O=c1[nH]c(=O)n(-c2nc3ccccc3n(C3C[C@H]4CCC[C@@H](C3)N4[C@@H]3C[C@H]4CCCCC3CC4)c2=O)cc1F. The first-order chi connectivity index (χ1) is 19.0. The van der Waals surface area contributed by atoms with Crippen LogP contribution in [0.15, 0.2) is 44.8 Å². The normalized spacial score (nSPS) is 31.2. The Morgan fingerprint density at radius 1 is 0.846 bits per heavy atom. The molecule has 4 bridgehead atoms. The van der Waals surface area contributed by atoms with Crippen LogP contribution in [0, 0.1) is 17.7 Å². The molecule has 1 aromatic carbocycles. The molecule has 39 heavy (non-hydrogen) atoms. The second-order valence-electron chi connectivity index (χ2n) is 12.3. The summed E-state index contributed by atoms with van der Waals surface area (Å²) in [7, 11) is 0. The van der Waals surface area contributed by atoms with Gasteiger partial charge in [-0.15, -0.1) is 0 Å². The highest BCUT2D eigenvalue weighted by molar-refractivity contribution is 5.75. The second-order valence-corrected chi connectivity index (χ2v) is 12.3. The van der Waals surface area contributed by atoms with Gasteiger partial charge < -0.3 is 4.57 Å². The molecule has 3 aliphatic carbocycles. The first kappa shape index (κ1) is 24.9. The lowest BCUT2D eigenvalue weighted by Gasteiger charge is -2.56. The van der Waals surface area contributed by atoms with E-state index in [1.165, 1.54) is 51.4 Å². The zero-order valence-corrected chi connectivity index (χ0v) is 22.2. The maximum Gasteiger partial charge on any atom is 0.334 e. The third kappa shape index (κ3) is 4.29. The molecule has 0 spiro atoms. The molecule has 5 fully saturated rings. The standard InChI is InChI=1S/C30H36FN5O3/c31-23-17-34(30(39)33-28(23)37)27-29(38)36(25-11-4-3-10-24(25)32-27)22-15-20-8-5-9-21(16-22)35(20)26-14-18-6-1-2-7-19(26)13-12-18/h3-4,10-11,17-22,26H,1-2,5-9,12-16H2,(H,33,37,39)/t18-,19?,20-,21+,22?,26+/m0/s1. The van der Waals surface area contributed by atoms with Crippen LogP contribution in [0.4, 0.5) is 4.39 Å². The monoisotopic (exact) mass is 533 g/mol. The van der Waals surface area contributed by atoms with E-state index in [1.54, 1.807) is 4.57 Å². The van der Waals surface area contributed by atoms with E-state index >= 15 is 0 Å². The summed E-state index contributed by atoms with van der Waals surface area (Å²) in [5.74, 6) is 0.334. The van der Waals surface area contributed by atoms with Gasteiger partial charge in [-0.1, -0.05) is 44.2 Å². The van der Waals surface area contributed by atoms with Crippen molar-refractivity contribution in [3.63, 3.8) is 0 Å². The van der Waals surface area contributed by atoms with E-state index in [-0.39, 0.29) is 11.9 Å². The Hall–Kier alpha value is -3.07. The van der Waals surface area contributed by atoms with Crippen molar-refractivity contribution in [2.24, 2.45) is 11.8 Å². The van der Waals surface area contributed by atoms with Gasteiger partial charge >= 0.3 is 5.69 Å². The molecule has 2 aromatic heterocycles. The second kappa shape index (κ2) is 9.84. The fraction of sp³-hybridized carbons (Fsp3) is 0.600. The van der Waals surface area contributed by atoms with Crippen LogP contribution in [0.2, 0.25) is 0 Å². The first-order valence-electron chi connectivity index (χ1n) is 14.8. The van der Waals surface area contributed by atoms with Crippen LogP contribution >= 0.6 is 0 Å². The number of para-hydroxylation sites is 2. The summed E-state index contributed by atoms with van der Waals surface area (Å²) in [6.07, 6.45) is 15.6. The van der Waals surface area contributed by atoms with Crippen molar-refractivity contribution >= 4 is 11.0 Å². The average molecular weight is 534 g/mol. The van der Waals surface area contributed by atoms with E-state index in [0.717, 1.165) is 53.8 Å². The number of fused-ring (bicyclic) bond motifs is 9. The summed E-state index contributed by atoms with van der Waals surface area (Å²) in [5, 5.41) is 0. The fourth-order valence-electron chi connectivity index (χ4n) is 8.50. The van der Waals surface area contributed by atoms with Crippen molar-refractivity contribution in [3.05, 3.63) is 67.5 Å². The molecule has 9 heteroatoms. The number of halogens is 1. The quantitative estimate of drug-likeness (QED) is 0.542. The van der Waals surface area contributed by atoms with Crippen LogP contribution in [0.5, 0.6) is 0 Å². The minimum absolute atomic E-state index is 0.0373. The number of hydrogen-bond acceptors (Lipinski definition) is 5. The number of hydrogen-bond donors (Lipinski definition) is 1. The molecule has 5 aliphatic rings. The number of aromatic nitrogens is 4. The molecule has 6 atom stereocenters. The van der Waals surface area contributed by atoms with E-state index in [2.05, 4.69) is 9.88 Å². The Labute approximate surface area is 225 Å². The van der Waals surface area contributed by atoms with Crippen LogP contribution in [-0.4, -0.2) is 42.1 Å². The van der Waals surface area contributed by atoms with Gasteiger partial charge in [-0.3, -0.25) is 19.5 Å². The predicted molar refractivity (Wildman–Crippen MR) is 147 cm³/mol. The van der Waals surface area contributed by atoms with Gasteiger partial charge in [-0.25, -0.2) is 14.3 Å². The van der Waals surface area contributed by atoms with Gasteiger partial charge in [0.15, 0.2) is 0 Å². The van der Waals surface area contributed by atoms with Crippen LogP contribution < -0.4 is 16.8 Å². The van der Waals surface area contributed by atoms with Crippen molar-refractivity contribution < 1.29 is 4.39 Å². The minimum Gasteiger partial charge on any atom is -0.300 e. The third-order valence-electron chi connectivity index (χ3n) is 10.2. The maximum absolute atomic E-state index is 14.2. The van der Waals surface area contributed by atoms with Crippen molar-refractivity contribution in [2.75, 3.05) is 0 Å². The topological polar surface area (TPSA) is 93.0 Å². The molecular weight excluding hydrogens is 497 g/mol. The van der Waals surface area contributed by atoms with E-state index < -0.39 is 22.6 Å². The van der Waals surface area contributed by atoms with Gasteiger partial charge in [0, 0.05) is 24.2 Å². The zero-order valence-electron chi connectivity index (χ0n) is 22.2. The van der Waals surface area contributed by atoms with Gasteiger partial charge in [0.05, 0.1) is 17.2 Å². The molecule has 3 aromatic rings. The number of nitrogens with one attached hydrogen (secondary N) is 1. The zero-order chi connectivity index (χ0) is 26.7. The van der Waals surface area contributed by atoms with Gasteiger partial charge in [0.1, 0.15) is 0 Å². The fourth-order valence-corrected chi connectivity index (χ4v) is 8.50. The summed E-state index contributed by atoms with van der Waals surface area (Å²) in [6, 6.07) is 8.93. The highest BCUT2D eigenvalue weighted by Crippen LogP contribution is 2.47.